The van der Waals surface area contributed by atoms with E-state index in [0.717, 1.165) is 19.6 Å². The summed E-state index contributed by atoms with van der Waals surface area (Å²) in [4.78, 5) is 30.1. The van der Waals surface area contributed by atoms with Gasteiger partial charge in [-0.05, 0) is 36.8 Å². The van der Waals surface area contributed by atoms with Gasteiger partial charge in [0.05, 0.1) is 38.2 Å². The molecule has 1 aromatic carbocycles. The van der Waals surface area contributed by atoms with E-state index in [-0.39, 0.29) is 5.57 Å². The molecule has 0 saturated carbocycles. The highest BCUT2D eigenvalue weighted by Gasteiger charge is 2.43. The van der Waals surface area contributed by atoms with Gasteiger partial charge in [0, 0.05) is 31.7 Å². The molecule has 8 nitrogen and oxygen atoms in total. The number of ketones is 1. The van der Waals surface area contributed by atoms with Crippen molar-refractivity contribution in [1.82, 2.24) is 9.80 Å². The monoisotopic (exact) mass is 452 g/mol. The van der Waals surface area contributed by atoms with Gasteiger partial charge in [0.25, 0.3) is 5.91 Å². The van der Waals surface area contributed by atoms with Crippen LogP contribution in [-0.2, 0) is 14.3 Å². The minimum Gasteiger partial charge on any atom is -0.503 e. The maximum atomic E-state index is 13.2. The average molecular weight is 453 g/mol. The number of aliphatic hydroxyl groups is 1. The third kappa shape index (κ3) is 5.02. The molecule has 0 radical (unpaired) electrons. The number of allylic oxidation sites excluding steroid dienone is 1. The molecule has 3 heterocycles. The number of hydrogen-bond donors (Lipinski definition) is 1. The van der Waals surface area contributed by atoms with Crippen molar-refractivity contribution in [3.8, 4) is 5.75 Å². The molecule has 0 bridgehead atoms. The van der Waals surface area contributed by atoms with Crippen LogP contribution in [0.3, 0.4) is 0 Å². The van der Waals surface area contributed by atoms with Crippen molar-refractivity contribution in [3.63, 3.8) is 0 Å². The zero-order chi connectivity index (χ0) is 23.2. The fraction of sp³-hybridized carbons (Fsp3) is 0.360. The Morgan fingerprint density at radius 2 is 1.97 bits per heavy atom. The molecular weight excluding hydrogens is 424 g/mol. The second-order valence-electron chi connectivity index (χ2n) is 7.93. The number of morpholine rings is 1. The largest absolute Gasteiger partial charge is 0.503 e. The van der Waals surface area contributed by atoms with E-state index in [1.165, 1.54) is 18.4 Å². The third-order valence-corrected chi connectivity index (χ3v) is 5.92. The van der Waals surface area contributed by atoms with Gasteiger partial charge in [-0.25, -0.2) is 0 Å². The molecule has 0 unspecified atom stereocenters. The first kappa shape index (κ1) is 22.8. The molecule has 2 aliphatic rings. The van der Waals surface area contributed by atoms with E-state index in [1.54, 1.807) is 30.2 Å². The predicted octanol–water partition coefficient (Wildman–Crippen LogP) is 2.99. The van der Waals surface area contributed by atoms with Crippen LogP contribution in [0.1, 0.15) is 23.8 Å². The van der Waals surface area contributed by atoms with Crippen molar-refractivity contribution >= 4 is 17.8 Å². The minimum absolute atomic E-state index is 0.0404. The molecule has 1 N–H and O–H groups in total. The molecule has 2 aromatic rings. The molecule has 4 rings (SSSR count). The number of para-hydroxylation sites is 1. The summed E-state index contributed by atoms with van der Waals surface area (Å²) in [5.41, 5.74) is 0.692. The van der Waals surface area contributed by atoms with Crippen LogP contribution in [0.5, 0.6) is 5.75 Å². The smallest absolute Gasteiger partial charge is 0.290 e. The number of amides is 1. The zero-order valence-electron chi connectivity index (χ0n) is 18.6. The zero-order valence-corrected chi connectivity index (χ0v) is 18.6. The maximum absolute atomic E-state index is 13.2. The van der Waals surface area contributed by atoms with E-state index in [4.69, 9.17) is 13.9 Å². The van der Waals surface area contributed by atoms with Gasteiger partial charge in [0.15, 0.2) is 11.5 Å². The lowest BCUT2D eigenvalue weighted by molar-refractivity contribution is -0.129. The van der Waals surface area contributed by atoms with Gasteiger partial charge >= 0.3 is 0 Å². The van der Waals surface area contributed by atoms with Crippen LogP contribution in [0.15, 0.2) is 64.5 Å². The Morgan fingerprint density at radius 3 is 2.70 bits per heavy atom. The molecule has 1 amide bonds. The topological polar surface area (TPSA) is 92.5 Å². The first-order valence-corrected chi connectivity index (χ1v) is 11.0. The van der Waals surface area contributed by atoms with Crippen LogP contribution in [0.2, 0.25) is 0 Å². The van der Waals surface area contributed by atoms with Gasteiger partial charge in [0.1, 0.15) is 11.5 Å². The summed E-state index contributed by atoms with van der Waals surface area (Å²) in [5.74, 6) is -0.481. The lowest BCUT2D eigenvalue weighted by Crippen LogP contribution is -2.39. The van der Waals surface area contributed by atoms with Crippen molar-refractivity contribution in [2.75, 3.05) is 46.5 Å². The van der Waals surface area contributed by atoms with Crippen LogP contribution in [0.25, 0.3) is 6.08 Å². The number of carbonyl (C=O) groups excluding carboxylic acids is 2. The molecule has 8 heteroatoms. The van der Waals surface area contributed by atoms with Crippen molar-refractivity contribution in [3.05, 3.63) is 71.4 Å². The highest BCUT2D eigenvalue weighted by Crippen LogP contribution is 2.41. The van der Waals surface area contributed by atoms with E-state index in [1.807, 2.05) is 18.2 Å². The first-order valence-electron chi connectivity index (χ1n) is 11.0. The SMILES string of the molecule is COc1ccccc1[C@@H]1C(C(=O)/C=C/c2ccco2)=C(O)C(=O)N1CCCN1CCOCC1. The Labute approximate surface area is 192 Å². The highest BCUT2D eigenvalue weighted by atomic mass is 16.5. The maximum Gasteiger partial charge on any atom is 0.290 e. The quantitative estimate of drug-likeness (QED) is 0.585. The van der Waals surface area contributed by atoms with E-state index in [0.29, 0.717) is 43.3 Å². The molecule has 33 heavy (non-hydrogen) atoms. The molecule has 174 valence electrons. The molecule has 0 aliphatic carbocycles. The summed E-state index contributed by atoms with van der Waals surface area (Å²) < 4.78 is 16.2. The normalized spacial score (nSPS) is 19.6. The fourth-order valence-corrected chi connectivity index (χ4v) is 4.27. The average Bonchev–Trinajstić information content (AvgIpc) is 3.45. The van der Waals surface area contributed by atoms with E-state index < -0.39 is 23.5 Å². The molecule has 1 aromatic heterocycles. The summed E-state index contributed by atoms with van der Waals surface area (Å²) in [7, 11) is 1.54. The standard InChI is InChI=1S/C25H28N2O6/c1-31-21-8-3-2-7-19(21)23-22(20(28)10-9-18-6-4-15-33-18)24(29)25(30)27(23)12-5-11-26-13-16-32-17-14-26/h2-4,6-10,15,23,29H,5,11-14,16-17H2,1H3/b10-9+/t23-/m1/s1. The second kappa shape index (κ2) is 10.5. The Hall–Kier alpha value is -3.36. The lowest BCUT2D eigenvalue weighted by Gasteiger charge is -2.30. The summed E-state index contributed by atoms with van der Waals surface area (Å²) in [6, 6.07) is 9.93. The van der Waals surface area contributed by atoms with Crippen LogP contribution in [0.4, 0.5) is 0 Å². The molecule has 1 saturated heterocycles. The molecular formula is C25H28N2O6. The number of nitrogens with zero attached hydrogens (tertiary/aromatic N) is 2. The summed E-state index contributed by atoms with van der Waals surface area (Å²) in [6.45, 7) is 4.31. The van der Waals surface area contributed by atoms with Gasteiger partial charge in [-0.3, -0.25) is 14.5 Å². The Balaban J connectivity index is 1.60. The summed E-state index contributed by atoms with van der Waals surface area (Å²) in [5, 5.41) is 10.7. The predicted molar refractivity (Wildman–Crippen MR) is 122 cm³/mol. The van der Waals surface area contributed by atoms with E-state index >= 15 is 0 Å². The number of ether oxygens (including phenoxy) is 2. The molecule has 2 aliphatic heterocycles. The molecule has 1 fully saturated rings. The van der Waals surface area contributed by atoms with E-state index in [9.17, 15) is 14.7 Å². The fourth-order valence-electron chi connectivity index (χ4n) is 4.27. The third-order valence-electron chi connectivity index (χ3n) is 5.92. The lowest BCUT2D eigenvalue weighted by atomic mass is 9.95. The Bertz CT molecular complexity index is 1040. The van der Waals surface area contributed by atoms with Crippen molar-refractivity contribution < 1.29 is 28.6 Å². The summed E-state index contributed by atoms with van der Waals surface area (Å²) in [6.07, 6.45) is 5.05. The number of methoxy groups -OCH3 is 1. The number of hydrogen-bond acceptors (Lipinski definition) is 7. The Morgan fingerprint density at radius 1 is 1.18 bits per heavy atom. The van der Waals surface area contributed by atoms with Crippen molar-refractivity contribution in [2.45, 2.75) is 12.5 Å². The van der Waals surface area contributed by atoms with Crippen LogP contribution in [-0.4, -0.2) is 73.1 Å². The summed E-state index contributed by atoms with van der Waals surface area (Å²) >= 11 is 0. The van der Waals surface area contributed by atoms with Crippen LogP contribution >= 0.6 is 0 Å². The number of aliphatic hydroxyl groups excluding tert-OH is 1. The van der Waals surface area contributed by atoms with Gasteiger partial charge in [-0.2, -0.15) is 0 Å². The van der Waals surface area contributed by atoms with Gasteiger partial charge in [-0.1, -0.05) is 18.2 Å². The van der Waals surface area contributed by atoms with Gasteiger partial charge in [0.2, 0.25) is 0 Å². The van der Waals surface area contributed by atoms with E-state index in [2.05, 4.69) is 4.90 Å². The van der Waals surface area contributed by atoms with Crippen LogP contribution in [0, 0.1) is 0 Å². The molecule has 0 spiro atoms. The number of furan rings is 1. The minimum atomic E-state index is -0.743. The van der Waals surface area contributed by atoms with Crippen molar-refractivity contribution in [1.29, 1.82) is 0 Å². The number of carbonyl (C=O) groups is 2. The Kier molecular flexibility index (Phi) is 7.26. The number of benzene rings is 1. The van der Waals surface area contributed by atoms with Crippen LogP contribution < -0.4 is 4.74 Å². The van der Waals surface area contributed by atoms with Crippen molar-refractivity contribution in [2.24, 2.45) is 0 Å². The van der Waals surface area contributed by atoms with Gasteiger partial charge < -0.3 is 23.9 Å². The molecule has 1 atom stereocenters. The number of rotatable bonds is 9. The highest BCUT2D eigenvalue weighted by molar-refractivity contribution is 6.14. The first-order chi connectivity index (χ1) is 16.1. The van der Waals surface area contributed by atoms with Gasteiger partial charge in [-0.15, -0.1) is 0 Å². The second-order valence-corrected chi connectivity index (χ2v) is 7.93.